The van der Waals surface area contributed by atoms with Gasteiger partial charge in [-0.1, -0.05) is 35.5 Å². The summed E-state index contributed by atoms with van der Waals surface area (Å²) < 4.78 is 28.4. The van der Waals surface area contributed by atoms with Gasteiger partial charge in [0, 0.05) is 30.0 Å². The molecule has 6 nitrogen and oxygen atoms in total. The Hall–Kier alpha value is -2.15. The highest BCUT2D eigenvalue weighted by Gasteiger charge is 2.38. The van der Waals surface area contributed by atoms with Gasteiger partial charge < -0.3 is 9.42 Å². The predicted octanol–water partition coefficient (Wildman–Crippen LogP) is 2.38. The Balaban J connectivity index is 1.82. The van der Waals surface area contributed by atoms with Gasteiger partial charge in [-0.3, -0.25) is 4.79 Å². The van der Waals surface area contributed by atoms with E-state index < -0.39 is 15.9 Å². The van der Waals surface area contributed by atoms with Crippen molar-refractivity contribution in [1.82, 2.24) is 10.1 Å². The molecule has 128 valence electrons. The van der Waals surface area contributed by atoms with Crippen LogP contribution in [-0.4, -0.2) is 48.5 Å². The third-order valence-corrected chi connectivity index (χ3v) is 5.07. The van der Waals surface area contributed by atoms with E-state index in [9.17, 15) is 13.2 Å². The molecule has 1 aromatic heterocycles. The van der Waals surface area contributed by atoms with Crippen LogP contribution in [0.2, 0.25) is 0 Å². The van der Waals surface area contributed by atoms with Gasteiger partial charge in [0.25, 0.3) is 5.91 Å². The maximum absolute atomic E-state index is 12.8. The summed E-state index contributed by atoms with van der Waals surface area (Å²) in [6.45, 7) is 1.76. The second-order valence-electron chi connectivity index (χ2n) is 6.33. The fourth-order valence-electron chi connectivity index (χ4n) is 2.85. The molecule has 0 N–H and O–H groups in total. The van der Waals surface area contributed by atoms with Crippen LogP contribution in [0.15, 0.2) is 40.9 Å². The van der Waals surface area contributed by atoms with Crippen molar-refractivity contribution in [2.75, 3.05) is 12.0 Å². The lowest BCUT2D eigenvalue weighted by Gasteiger charge is -2.27. The molecule has 0 radical (unpaired) electrons. The molecule has 0 saturated heterocycles. The maximum atomic E-state index is 12.8. The fourth-order valence-corrected chi connectivity index (χ4v) is 3.88. The van der Waals surface area contributed by atoms with Gasteiger partial charge in [0.05, 0.1) is 5.75 Å². The molecule has 0 bridgehead atoms. The van der Waals surface area contributed by atoms with Crippen molar-refractivity contribution in [3.05, 3.63) is 42.2 Å². The van der Waals surface area contributed by atoms with E-state index in [0.717, 1.165) is 18.4 Å². The lowest BCUT2D eigenvalue weighted by atomic mass is 10.1. The summed E-state index contributed by atoms with van der Waals surface area (Å²) in [5, 5.41) is 3.96. The van der Waals surface area contributed by atoms with Crippen molar-refractivity contribution in [1.29, 1.82) is 0 Å². The van der Waals surface area contributed by atoms with Crippen molar-refractivity contribution in [2.45, 2.75) is 31.8 Å². The maximum Gasteiger partial charge on any atom is 0.293 e. The number of carbonyl (C=O) groups is 1. The van der Waals surface area contributed by atoms with Crippen LogP contribution in [0.4, 0.5) is 0 Å². The normalized spacial score (nSPS) is 15.9. The number of nitrogens with zero attached hydrogens (tertiary/aromatic N) is 2. The second-order valence-corrected chi connectivity index (χ2v) is 8.51. The van der Waals surface area contributed by atoms with Crippen molar-refractivity contribution in [2.24, 2.45) is 0 Å². The zero-order chi connectivity index (χ0) is 17.3. The molecule has 7 heteroatoms. The van der Waals surface area contributed by atoms with Gasteiger partial charge in [0.15, 0.2) is 0 Å². The molecule has 0 spiro atoms. The van der Waals surface area contributed by atoms with Crippen LogP contribution in [0.5, 0.6) is 0 Å². The molecular weight excluding hydrogens is 328 g/mol. The molecule has 1 heterocycles. The molecule has 1 atom stereocenters. The molecule has 2 aromatic rings. The predicted molar refractivity (Wildman–Crippen MR) is 90.3 cm³/mol. The number of hydrogen-bond acceptors (Lipinski definition) is 5. The molecule has 1 amide bonds. The summed E-state index contributed by atoms with van der Waals surface area (Å²) in [6.07, 6.45) is 2.96. The first-order chi connectivity index (χ1) is 11.3. The largest absolute Gasteiger partial charge is 0.350 e. The van der Waals surface area contributed by atoms with E-state index in [0.29, 0.717) is 5.69 Å². The van der Waals surface area contributed by atoms with E-state index in [-0.39, 0.29) is 23.5 Å². The highest BCUT2D eigenvalue weighted by Crippen LogP contribution is 2.31. The van der Waals surface area contributed by atoms with Crippen LogP contribution in [0.1, 0.15) is 30.3 Å². The van der Waals surface area contributed by atoms with Gasteiger partial charge in [-0.2, -0.15) is 0 Å². The molecule has 1 fully saturated rings. The molecule has 1 aliphatic rings. The molecule has 3 rings (SSSR count). The lowest BCUT2D eigenvalue weighted by Crippen LogP contribution is -2.43. The van der Waals surface area contributed by atoms with Crippen LogP contribution in [-0.2, 0) is 9.84 Å². The molecule has 1 aromatic carbocycles. The topological polar surface area (TPSA) is 80.5 Å². The number of amides is 1. The van der Waals surface area contributed by atoms with Gasteiger partial charge in [0.2, 0.25) is 5.76 Å². The Bertz CT molecular complexity index is 825. The summed E-state index contributed by atoms with van der Waals surface area (Å²) >= 11 is 0. The van der Waals surface area contributed by atoms with E-state index in [1.165, 1.54) is 6.26 Å². The molecule has 0 unspecified atom stereocenters. The van der Waals surface area contributed by atoms with E-state index in [1.54, 1.807) is 17.9 Å². The minimum Gasteiger partial charge on any atom is -0.350 e. The van der Waals surface area contributed by atoms with Crippen LogP contribution in [0.25, 0.3) is 11.3 Å². The van der Waals surface area contributed by atoms with Crippen molar-refractivity contribution in [3.63, 3.8) is 0 Å². The average molecular weight is 348 g/mol. The van der Waals surface area contributed by atoms with E-state index in [4.69, 9.17) is 4.52 Å². The Morgan fingerprint density at radius 2 is 2.00 bits per heavy atom. The van der Waals surface area contributed by atoms with Gasteiger partial charge in [0.1, 0.15) is 15.5 Å². The van der Waals surface area contributed by atoms with Crippen LogP contribution >= 0.6 is 0 Å². The smallest absolute Gasteiger partial charge is 0.293 e. The molecule has 24 heavy (non-hydrogen) atoms. The van der Waals surface area contributed by atoms with E-state index in [2.05, 4.69) is 5.16 Å². The average Bonchev–Trinajstić information content (AvgIpc) is 3.21. The molecule has 0 aliphatic heterocycles. The van der Waals surface area contributed by atoms with E-state index >= 15 is 0 Å². The first kappa shape index (κ1) is 16.7. The minimum atomic E-state index is -3.17. The lowest BCUT2D eigenvalue weighted by molar-refractivity contribution is 0.0650. The Labute approximate surface area is 141 Å². The molecule has 1 saturated carbocycles. The third kappa shape index (κ3) is 3.84. The number of benzene rings is 1. The van der Waals surface area contributed by atoms with Crippen LogP contribution in [0.3, 0.4) is 0 Å². The first-order valence-corrected chi connectivity index (χ1v) is 9.94. The molecular formula is C17H20N2O4S. The zero-order valence-electron chi connectivity index (χ0n) is 13.7. The van der Waals surface area contributed by atoms with Crippen LogP contribution in [0, 0.1) is 0 Å². The quantitative estimate of drug-likeness (QED) is 0.801. The summed E-state index contributed by atoms with van der Waals surface area (Å²) in [5.41, 5.74) is 1.45. The van der Waals surface area contributed by atoms with Gasteiger partial charge in [-0.25, -0.2) is 8.42 Å². The van der Waals surface area contributed by atoms with Crippen LogP contribution < -0.4 is 0 Å². The summed E-state index contributed by atoms with van der Waals surface area (Å²) in [5.74, 6) is -0.223. The summed E-state index contributed by atoms with van der Waals surface area (Å²) in [4.78, 5) is 14.4. The van der Waals surface area contributed by atoms with E-state index in [1.807, 2.05) is 30.3 Å². The zero-order valence-corrected chi connectivity index (χ0v) is 14.5. The number of hydrogen-bond donors (Lipinski definition) is 0. The summed E-state index contributed by atoms with van der Waals surface area (Å²) in [7, 11) is -3.17. The minimum absolute atomic E-state index is 0.0606. The first-order valence-electron chi connectivity index (χ1n) is 7.87. The summed E-state index contributed by atoms with van der Waals surface area (Å²) in [6, 6.07) is 10.7. The van der Waals surface area contributed by atoms with Gasteiger partial charge in [-0.15, -0.1) is 0 Å². The highest BCUT2D eigenvalue weighted by molar-refractivity contribution is 7.90. The molecule has 1 aliphatic carbocycles. The number of carbonyl (C=O) groups excluding carboxylic acids is 1. The fraction of sp³-hybridized carbons (Fsp3) is 0.412. The monoisotopic (exact) mass is 348 g/mol. The second kappa shape index (κ2) is 6.39. The van der Waals surface area contributed by atoms with Crippen molar-refractivity contribution >= 4 is 15.7 Å². The Kier molecular flexibility index (Phi) is 4.45. The van der Waals surface area contributed by atoms with Crippen molar-refractivity contribution in [3.8, 4) is 11.3 Å². The number of sulfone groups is 1. The Morgan fingerprint density at radius 3 is 2.58 bits per heavy atom. The SMILES string of the molecule is C[C@H](CS(C)(=O)=O)N(C(=O)c1cc(-c2ccccc2)no1)C1CC1. The van der Waals surface area contributed by atoms with Crippen molar-refractivity contribution < 1.29 is 17.7 Å². The highest BCUT2D eigenvalue weighted by atomic mass is 32.2. The standard InChI is InChI=1S/C17H20N2O4S/c1-12(11-24(2,21)22)19(14-8-9-14)17(20)16-10-15(18-23-16)13-6-4-3-5-7-13/h3-7,10,12,14H,8-9,11H2,1-2H3/t12-/m1/s1. The third-order valence-electron chi connectivity index (χ3n) is 3.98. The van der Waals surface area contributed by atoms with Gasteiger partial charge >= 0.3 is 0 Å². The number of rotatable bonds is 6. The Morgan fingerprint density at radius 1 is 1.33 bits per heavy atom. The van der Waals surface area contributed by atoms with Gasteiger partial charge in [-0.05, 0) is 19.8 Å². The number of aromatic nitrogens is 1.